The molecule has 1 aliphatic heterocycles. The first-order valence-electron chi connectivity index (χ1n) is 7.67. The Bertz CT molecular complexity index is 669. The lowest BCUT2D eigenvalue weighted by Crippen LogP contribution is -2.47. The van der Waals surface area contributed by atoms with Crippen LogP contribution in [0.1, 0.15) is 21.7 Å². The van der Waals surface area contributed by atoms with E-state index < -0.39 is 0 Å². The summed E-state index contributed by atoms with van der Waals surface area (Å²) in [5, 5.41) is 4.57. The van der Waals surface area contributed by atoms with Gasteiger partial charge in [-0.05, 0) is 33.0 Å². The summed E-state index contributed by atoms with van der Waals surface area (Å²) in [5.74, 6) is 0.102. The predicted octanol–water partition coefficient (Wildman–Crippen LogP) is 1.88. The first-order chi connectivity index (χ1) is 10.6. The van der Waals surface area contributed by atoms with E-state index in [0.717, 1.165) is 48.8 Å². The quantitative estimate of drug-likeness (QED) is 0.850. The van der Waals surface area contributed by atoms with Gasteiger partial charge in [-0.3, -0.25) is 4.79 Å². The minimum atomic E-state index is 0.102. The third-order valence-electron chi connectivity index (χ3n) is 4.30. The molecule has 0 N–H and O–H groups in total. The Morgan fingerprint density at radius 1 is 1.05 bits per heavy atom. The van der Waals surface area contributed by atoms with Gasteiger partial charge >= 0.3 is 0 Å². The van der Waals surface area contributed by atoms with Gasteiger partial charge in [-0.15, -0.1) is 0 Å². The van der Waals surface area contributed by atoms with Gasteiger partial charge < -0.3 is 9.80 Å². The van der Waals surface area contributed by atoms with Crippen LogP contribution in [0.2, 0.25) is 0 Å². The minimum absolute atomic E-state index is 0.102. The molecule has 0 saturated carbocycles. The van der Waals surface area contributed by atoms with Crippen LogP contribution < -0.4 is 0 Å². The van der Waals surface area contributed by atoms with Crippen LogP contribution in [-0.2, 0) is 0 Å². The standard InChI is InChI=1S/C17H22N4O/c1-13-16(17(22)20-11-9-19(3)10-12-20)14(2)21(18-13)15-7-5-4-6-8-15/h4-8H,9-12H2,1-3H3. The molecule has 0 spiro atoms. The molecule has 1 saturated heterocycles. The Hall–Kier alpha value is -2.14. The van der Waals surface area contributed by atoms with E-state index in [2.05, 4.69) is 17.0 Å². The second kappa shape index (κ2) is 5.93. The van der Waals surface area contributed by atoms with Crippen molar-refractivity contribution in [1.82, 2.24) is 19.6 Å². The van der Waals surface area contributed by atoms with Gasteiger partial charge in [0, 0.05) is 26.2 Å². The lowest BCUT2D eigenvalue weighted by molar-refractivity contribution is 0.0662. The van der Waals surface area contributed by atoms with Crippen LogP contribution >= 0.6 is 0 Å². The molecule has 22 heavy (non-hydrogen) atoms. The first kappa shape index (κ1) is 14.8. The topological polar surface area (TPSA) is 41.4 Å². The van der Waals surface area contributed by atoms with Crippen molar-refractivity contribution in [3.05, 3.63) is 47.3 Å². The Morgan fingerprint density at radius 3 is 2.32 bits per heavy atom. The maximum atomic E-state index is 12.8. The highest BCUT2D eigenvalue weighted by atomic mass is 16.2. The third kappa shape index (κ3) is 2.64. The number of carbonyl (C=O) groups excluding carboxylic acids is 1. The Kier molecular flexibility index (Phi) is 3.98. The van der Waals surface area contributed by atoms with Crippen LogP contribution in [0.15, 0.2) is 30.3 Å². The van der Waals surface area contributed by atoms with E-state index in [1.807, 2.05) is 53.8 Å². The van der Waals surface area contributed by atoms with Gasteiger partial charge in [-0.2, -0.15) is 5.10 Å². The first-order valence-corrected chi connectivity index (χ1v) is 7.67. The van der Waals surface area contributed by atoms with E-state index in [1.54, 1.807) is 0 Å². The second-order valence-electron chi connectivity index (χ2n) is 5.89. The third-order valence-corrected chi connectivity index (χ3v) is 4.30. The van der Waals surface area contributed by atoms with Crippen LogP contribution in [0.25, 0.3) is 5.69 Å². The summed E-state index contributed by atoms with van der Waals surface area (Å²) in [4.78, 5) is 17.0. The highest BCUT2D eigenvalue weighted by Gasteiger charge is 2.26. The molecule has 0 bridgehead atoms. The van der Waals surface area contributed by atoms with Gasteiger partial charge in [0.25, 0.3) is 5.91 Å². The summed E-state index contributed by atoms with van der Waals surface area (Å²) in [6.45, 7) is 7.30. The number of hydrogen-bond acceptors (Lipinski definition) is 3. The molecule has 0 unspecified atom stereocenters. The van der Waals surface area contributed by atoms with Crippen LogP contribution in [0.4, 0.5) is 0 Å². The van der Waals surface area contributed by atoms with Gasteiger partial charge in [0.1, 0.15) is 0 Å². The van der Waals surface area contributed by atoms with Gasteiger partial charge in [0.2, 0.25) is 0 Å². The minimum Gasteiger partial charge on any atom is -0.336 e. The maximum Gasteiger partial charge on any atom is 0.257 e. The number of aryl methyl sites for hydroxylation is 1. The number of piperazine rings is 1. The molecule has 1 aromatic carbocycles. The second-order valence-corrected chi connectivity index (χ2v) is 5.89. The Labute approximate surface area is 131 Å². The molecule has 1 fully saturated rings. The van der Waals surface area contributed by atoms with E-state index >= 15 is 0 Å². The van der Waals surface area contributed by atoms with Gasteiger partial charge in [0.05, 0.1) is 22.6 Å². The van der Waals surface area contributed by atoms with Crippen molar-refractivity contribution in [2.45, 2.75) is 13.8 Å². The van der Waals surface area contributed by atoms with Crippen LogP contribution in [-0.4, -0.2) is 58.7 Å². The number of carbonyl (C=O) groups is 1. The average Bonchev–Trinajstić information content (AvgIpc) is 2.83. The van der Waals surface area contributed by atoms with Crippen molar-refractivity contribution in [2.24, 2.45) is 0 Å². The van der Waals surface area contributed by atoms with E-state index in [9.17, 15) is 4.79 Å². The zero-order chi connectivity index (χ0) is 15.7. The predicted molar refractivity (Wildman–Crippen MR) is 86.4 cm³/mol. The van der Waals surface area contributed by atoms with Crippen molar-refractivity contribution in [3.63, 3.8) is 0 Å². The van der Waals surface area contributed by atoms with E-state index in [4.69, 9.17) is 0 Å². The molecule has 5 nitrogen and oxygen atoms in total. The number of hydrogen-bond donors (Lipinski definition) is 0. The van der Waals surface area contributed by atoms with Crippen molar-refractivity contribution in [3.8, 4) is 5.69 Å². The highest BCUT2D eigenvalue weighted by Crippen LogP contribution is 2.20. The summed E-state index contributed by atoms with van der Waals surface area (Å²) in [6, 6.07) is 9.94. The molecule has 2 heterocycles. The molecule has 0 atom stereocenters. The smallest absolute Gasteiger partial charge is 0.257 e. The molecule has 1 amide bonds. The summed E-state index contributed by atoms with van der Waals surface area (Å²) < 4.78 is 1.86. The lowest BCUT2D eigenvalue weighted by Gasteiger charge is -2.32. The van der Waals surface area contributed by atoms with Crippen LogP contribution in [0.5, 0.6) is 0 Å². The van der Waals surface area contributed by atoms with Crippen molar-refractivity contribution in [1.29, 1.82) is 0 Å². The SMILES string of the molecule is Cc1nn(-c2ccccc2)c(C)c1C(=O)N1CCN(C)CC1. The molecule has 1 aliphatic rings. The monoisotopic (exact) mass is 298 g/mol. The Balaban J connectivity index is 1.91. The van der Waals surface area contributed by atoms with Crippen LogP contribution in [0.3, 0.4) is 0 Å². The zero-order valence-corrected chi connectivity index (χ0v) is 13.4. The fraction of sp³-hybridized carbons (Fsp3) is 0.412. The molecule has 0 radical (unpaired) electrons. The van der Waals surface area contributed by atoms with Gasteiger partial charge in [-0.1, -0.05) is 18.2 Å². The number of rotatable bonds is 2. The molecule has 2 aromatic rings. The number of aromatic nitrogens is 2. The summed E-state index contributed by atoms with van der Waals surface area (Å²) in [6.07, 6.45) is 0. The van der Waals surface area contributed by atoms with Gasteiger partial charge in [0.15, 0.2) is 0 Å². The molecular weight excluding hydrogens is 276 g/mol. The number of benzene rings is 1. The van der Waals surface area contributed by atoms with Gasteiger partial charge in [-0.25, -0.2) is 4.68 Å². The number of likely N-dealkylation sites (N-methyl/N-ethyl adjacent to an activating group) is 1. The summed E-state index contributed by atoms with van der Waals surface area (Å²) in [5.41, 5.74) is 3.44. The zero-order valence-electron chi connectivity index (χ0n) is 13.4. The van der Waals surface area contributed by atoms with E-state index in [0.29, 0.717) is 0 Å². The van der Waals surface area contributed by atoms with Crippen molar-refractivity contribution >= 4 is 5.91 Å². The lowest BCUT2D eigenvalue weighted by atomic mass is 10.1. The fourth-order valence-electron chi connectivity index (χ4n) is 2.94. The molecule has 3 rings (SSSR count). The normalized spacial score (nSPS) is 16.0. The fourth-order valence-corrected chi connectivity index (χ4v) is 2.94. The van der Waals surface area contributed by atoms with Crippen LogP contribution in [0, 0.1) is 13.8 Å². The molecule has 0 aliphatic carbocycles. The summed E-state index contributed by atoms with van der Waals surface area (Å²) in [7, 11) is 2.09. The number of nitrogens with zero attached hydrogens (tertiary/aromatic N) is 4. The number of para-hydroxylation sites is 1. The maximum absolute atomic E-state index is 12.8. The van der Waals surface area contributed by atoms with E-state index in [-0.39, 0.29) is 5.91 Å². The van der Waals surface area contributed by atoms with E-state index in [1.165, 1.54) is 0 Å². The van der Waals surface area contributed by atoms with Crippen molar-refractivity contribution < 1.29 is 4.79 Å². The average molecular weight is 298 g/mol. The largest absolute Gasteiger partial charge is 0.336 e. The Morgan fingerprint density at radius 2 is 1.68 bits per heavy atom. The number of amides is 1. The summed E-state index contributed by atoms with van der Waals surface area (Å²) >= 11 is 0. The molecular formula is C17H22N4O. The van der Waals surface area contributed by atoms with Crippen molar-refractivity contribution in [2.75, 3.05) is 33.2 Å². The highest BCUT2D eigenvalue weighted by molar-refractivity contribution is 5.96. The molecule has 5 heteroatoms. The molecule has 116 valence electrons. The molecule has 1 aromatic heterocycles.